The minimum atomic E-state index is -0.361. The second-order valence-corrected chi connectivity index (χ2v) is 5.33. The van der Waals surface area contributed by atoms with Gasteiger partial charge in [0, 0.05) is 48.8 Å². The van der Waals surface area contributed by atoms with Gasteiger partial charge in [-0.15, -0.1) is 0 Å². The Labute approximate surface area is 128 Å². The summed E-state index contributed by atoms with van der Waals surface area (Å²) in [5.74, 6) is -0.383. The number of hydrogen-bond acceptors (Lipinski definition) is 4. The van der Waals surface area contributed by atoms with Gasteiger partial charge in [0.2, 0.25) is 5.91 Å². The molecule has 6 nitrogen and oxygen atoms in total. The van der Waals surface area contributed by atoms with Crippen LogP contribution in [-0.2, 0) is 27.2 Å². The lowest BCUT2D eigenvalue weighted by molar-refractivity contribution is -0.136. The number of aromatic nitrogens is 1. The van der Waals surface area contributed by atoms with Crippen LogP contribution in [0.3, 0.4) is 0 Å². The summed E-state index contributed by atoms with van der Waals surface area (Å²) in [6, 6.07) is 5.44. The first-order valence-electron chi connectivity index (χ1n) is 7.12. The fourth-order valence-corrected chi connectivity index (χ4v) is 2.89. The number of ether oxygens (including phenoxy) is 2. The Morgan fingerprint density at radius 1 is 1.32 bits per heavy atom. The zero-order valence-electron chi connectivity index (χ0n) is 12.6. The summed E-state index contributed by atoms with van der Waals surface area (Å²) in [7, 11) is 2.88. The summed E-state index contributed by atoms with van der Waals surface area (Å²) in [6.45, 7) is 1.29. The highest BCUT2D eigenvalue weighted by Gasteiger charge is 2.24. The molecule has 1 N–H and O–H groups in total. The molecule has 0 aliphatic carbocycles. The summed E-state index contributed by atoms with van der Waals surface area (Å²) >= 11 is 0. The van der Waals surface area contributed by atoms with Gasteiger partial charge in [0.05, 0.1) is 12.7 Å². The van der Waals surface area contributed by atoms with E-state index in [-0.39, 0.29) is 18.5 Å². The first kappa shape index (κ1) is 14.6. The van der Waals surface area contributed by atoms with Crippen LogP contribution >= 0.6 is 0 Å². The van der Waals surface area contributed by atoms with Crippen molar-refractivity contribution in [3.05, 3.63) is 35.0 Å². The molecular weight excluding hydrogens is 284 g/mol. The number of carbonyl (C=O) groups excluding carboxylic acids is 2. The summed E-state index contributed by atoms with van der Waals surface area (Å²) in [6.07, 6.45) is 0.771. The standard InChI is InChI=1S/C16H18N2O4/c1-21-9-15(19)18-6-5-14-12(8-18)11-7-10(16(20)22-2)3-4-13(11)17-14/h3-4,7,17H,5-6,8-9H2,1-2H3. The van der Waals surface area contributed by atoms with Crippen LogP contribution < -0.4 is 0 Å². The minimum Gasteiger partial charge on any atom is -0.465 e. The Kier molecular flexibility index (Phi) is 3.85. The van der Waals surface area contributed by atoms with Crippen molar-refractivity contribution in [3.63, 3.8) is 0 Å². The SMILES string of the molecule is COCC(=O)N1CCc2[nH]c3ccc(C(=O)OC)cc3c2C1. The lowest BCUT2D eigenvalue weighted by atomic mass is 10.0. The van der Waals surface area contributed by atoms with E-state index in [4.69, 9.17) is 9.47 Å². The third-order valence-electron chi connectivity index (χ3n) is 4.02. The van der Waals surface area contributed by atoms with E-state index in [0.717, 1.165) is 28.6 Å². The molecule has 2 heterocycles. The van der Waals surface area contributed by atoms with Crippen LogP contribution in [0.25, 0.3) is 10.9 Å². The number of amides is 1. The Balaban J connectivity index is 1.97. The molecule has 0 bridgehead atoms. The number of nitrogens with zero attached hydrogens (tertiary/aromatic N) is 1. The van der Waals surface area contributed by atoms with Crippen LogP contribution in [0.15, 0.2) is 18.2 Å². The Hall–Kier alpha value is -2.34. The molecular formula is C16H18N2O4. The van der Waals surface area contributed by atoms with Gasteiger partial charge in [-0.05, 0) is 18.2 Å². The van der Waals surface area contributed by atoms with Crippen molar-refractivity contribution in [2.75, 3.05) is 27.4 Å². The maximum Gasteiger partial charge on any atom is 0.337 e. The van der Waals surface area contributed by atoms with Crippen LogP contribution in [0, 0.1) is 0 Å². The fraction of sp³-hybridized carbons (Fsp3) is 0.375. The molecule has 6 heteroatoms. The number of H-pyrrole nitrogens is 1. The van der Waals surface area contributed by atoms with Gasteiger partial charge in [0.1, 0.15) is 6.61 Å². The summed E-state index contributed by atoms with van der Waals surface area (Å²) in [4.78, 5) is 28.8. The molecule has 1 amide bonds. The number of nitrogens with one attached hydrogen (secondary N) is 1. The average Bonchev–Trinajstić information content (AvgIpc) is 2.91. The van der Waals surface area contributed by atoms with E-state index >= 15 is 0 Å². The summed E-state index contributed by atoms with van der Waals surface area (Å²) in [5, 5.41) is 0.966. The molecule has 22 heavy (non-hydrogen) atoms. The molecule has 0 spiro atoms. The van der Waals surface area contributed by atoms with Crippen LogP contribution in [-0.4, -0.2) is 49.1 Å². The van der Waals surface area contributed by atoms with Gasteiger partial charge in [0.25, 0.3) is 0 Å². The smallest absolute Gasteiger partial charge is 0.337 e. The summed E-state index contributed by atoms with van der Waals surface area (Å²) < 4.78 is 9.69. The largest absolute Gasteiger partial charge is 0.465 e. The van der Waals surface area contributed by atoms with Gasteiger partial charge in [0.15, 0.2) is 0 Å². The van der Waals surface area contributed by atoms with E-state index in [1.54, 1.807) is 11.0 Å². The first-order chi connectivity index (χ1) is 10.6. The summed E-state index contributed by atoms with van der Waals surface area (Å²) in [5.41, 5.74) is 3.67. The number of fused-ring (bicyclic) bond motifs is 3. The van der Waals surface area contributed by atoms with Crippen LogP contribution in [0.5, 0.6) is 0 Å². The minimum absolute atomic E-state index is 0.0216. The van der Waals surface area contributed by atoms with E-state index in [0.29, 0.717) is 18.7 Å². The van der Waals surface area contributed by atoms with Gasteiger partial charge in [-0.1, -0.05) is 0 Å². The third-order valence-corrected chi connectivity index (χ3v) is 4.02. The molecule has 0 radical (unpaired) electrons. The normalized spacial score (nSPS) is 14.0. The van der Waals surface area contributed by atoms with Gasteiger partial charge < -0.3 is 19.4 Å². The third kappa shape index (κ3) is 2.46. The van der Waals surface area contributed by atoms with Crippen LogP contribution in [0.2, 0.25) is 0 Å². The Bertz CT molecular complexity index is 735. The molecule has 0 unspecified atom stereocenters. The molecule has 3 rings (SSSR count). The first-order valence-corrected chi connectivity index (χ1v) is 7.12. The predicted molar refractivity (Wildman–Crippen MR) is 80.6 cm³/mol. The molecule has 2 aromatic rings. The van der Waals surface area contributed by atoms with Crippen molar-refractivity contribution in [1.29, 1.82) is 0 Å². The Morgan fingerprint density at radius 2 is 2.14 bits per heavy atom. The van der Waals surface area contributed by atoms with E-state index in [2.05, 4.69) is 4.98 Å². The average molecular weight is 302 g/mol. The number of esters is 1. The van der Waals surface area contributed by atoms with Crippen molar-refractivity contribution in [1.82, 2.24) is 9.88 Å². The maximum atomic E-state index is 12.0. The lowest BCUT2D eigenvalue weighted by Gasteiger charge is -2.27. The molecule has 0 saturated heterocycles. The van der Waals surface area contributed by atoms with E-state index in [1.165, 1.54) is 14.2 Å². The molecule has 1 aliphatic heterocycles. The van der Waals surface area contributed by atoms with E-state index in [9.17, 15) is 9.59 Å². The molecule has 1 aromatic heterocycles. The van der Waals surface area contributed by atoms with Crippen molar-refractivity contribution < 1.29 is 19.1 Å². The fourth-order valence-electron chi connectivity index (χ4n) is 2.89. The monoisotopic (exact) mass is 302 g/mol. The maximum absolute atomic E-state index is 12.0. The molecule has 116 valence electrons. The highest BCUT2D eigenvalue weighted by atomic mass is 16.5. The van der Waals surface area contributed by atoms with Crippen LogP contribution in [0.4, 0.5) is 0 Å². The predicted octanol–water partition coefficient (Wildman–Crippen LogP) is 1.49. The molecule has 0 atom stereocenters. The highest BCUT2D eigenvalue weighted by Crippen LogP contribution is 2.28. The topological polar surface area (TPSA) is 71.6 Å². The molecule has 0 fully saturated rings. The van der Waals surface area contributed by atoms with Gasteiger partial charge >= 0.3 is 5.97 Å². The van der Waals surface area contributed by atoms with Gasteiger partial charge in [-0.3, -0.25) is 4.79 Å². The number of benzene rings is 1. The zero-order chi connectivity index (χ0) is 15.7. The second kappa shape index (κ2) is 5.81. The van der Waals surface area contributed by atoms with E-state index in [1.807, 2.05) is 12.1 Å². The number of hydrogen-bond donors (Lipinski definition) is 1. The number of rotatable bonds is 3. The van der Waals surface area contributed by atoms with Crippen molar-refractivity contribution in [2.24, 2.45) is 0 Å². The second-order valence-electron chi connectivity index (χ2n) is 5.33. The highest BCUT2D eigenvalue weighted by molar-refractivity contribution is 5.96. The quantitative estimate of drug-likeness (QED) is 0.872. The van der Waals surface area contributed by atoms with Crippen molar-refractivity contribution in [2.45, 2.75) is 13.0 Å². The van der Waals surface area contributed by atoms with Crippen LogP contribution in [0.1, 0.15) is 21.6 Å². The molecule has 1 aliphatic rings. The van der Waals surface area contributed by atoms with Gasteiger partial charge in [-0.25, -0.2) is 4.79 Å². The lowest BCUT2D eigenvalue weighted by Crippen LogP contribution is -2.37. The van der Waals surface area contributed by atoms with Crippen molar-refractivity contribution in [3.8, 4) is 0 Å². The number of methoxy groups -OCH3 is 2. The molecule has 0 saturated carbocycles. The van der Waals surface area contributed by atoms with E-state index < -0.39 is 0 Å². The number of carbonyl (C=O) groups is 2. The number of aromatic amines is 1. The van der Waals surface area contributed by atoms with Crippen molar-refractivity contribution >= 4 is 22.8 Å². The molecule has 1 aromatic carbocycles. The van der Waals surface area contributed by atoms with Gasteiger partial charge in [-0.2, -0.15) is 0 Å². The zero-order valence-corrected chi connectivity index (χ0v) is 12.6. The Morgan fingerprint density at radius 3 is 2.86 bits per heavy atom.